The summed E-state index contributed by atoms with van der Waals surface area (Å²) < 4.78 is 31.9. The summed E-state index contributed by atoms with van der Waals surface area (Å²) in [6.07, 6.45) is 2.61. The molecule has 2 rings (SSSR count). The van der Waals surface area contributed by atoms with Crippen molar-refractivity contribution in [2.45, 2.75) is 31.1 Å². The maximum atomic E-state index is 12.0. The lowest BCUT2D eigenvalue weighted by Gasteiger charge is -2.07. The van der Waals surface area contributed by atoms with Gasteiger partial charge < -0.3 is 4.74 Å². The fourth-order valence-electron chi connectivity index (χ4n) is 1.80. The van der Waals surface area contributed by atoms with Crippen LogP contribution in [-0.4, -0.2) is 21.6 Å². The van der Waals surface area contributed by atoms with Crippen LogP contribution in [0, 0.1) is 0 Å². The summed E-state index contributed by atoms with van der Waals surface area (Å²) >= 11 is 0. The van der Waals surface area contributed by atoms with E-state index in [9.17, 15) is 8.42 Å². The first-order chi connectivity index (χ1) is 8.13. The number of hydrogen-bond donors (Lipinski definition) is 1. The quantitative estimate of drug-likeness (QED) is 0.815. The third kappa shape index (κ3) is 2.79. The lowest BCUT2D eigenvalue weighted by atomic mass is 10.2. The zero-order valence-corrected chi connectivity index (χ0v) is 10.7. The Morgan fingerprint density at radius 3 is 3.00 bits per heavy atom. The Labute approximate surface area is 102 Å². The predicted octanol–water partition coefficient (Wildman–Crippen LogP) is 1.70. The van der Waals surface area contributed by atoms with Crippen LogP contribution in [0.2, 0.25) is 0 Å². The highest BCUT2D eigenvalue weighted by Crippen LogP contribution is 2.27. The van der Waals surface area contributed by atoms with Gasteiger partial charge in [0.25, 0.3) is 0 Å². The molecule has 1 heterocycles. The minimum atomic E-state index is -3.36. The molecular weight excluding hydrogens is 238 g/mol. The van der Waals surface area contributed by atoms with Gasteiger partial charge in [-0.1, -0.05) is 13.3 Å². The second-order valence-electron chi connectivity index (χ2n) is 4.12. The van der Waals surface area contributed by atoms with Crippen LogP contribution in [-0.2, 0) is 16.4 Å². The van der Waals surface area contributed by atoms with Crippen molar-refractivity contribution in [1.82, 2.24) is 4.72 Å². The van der Waals surface area contributed by atoms with Gasteiger partial charge in [-0.25, -0.2) is 13.1 Å². The highest BCUT2D eigenvalue weighted by Gasteiger charge is 2.18. The number of nitrogens with one attached hydrogen (secondary N) is 1. The van der Waals surface area contributed by atoms with Gasteiger partial charge in [0.1, 0.15) is 5.75 Å². The zero-order valence-electron chi connectivity index (χ0n) is 9.90. The van der Waals surface area contributed by atoms with E-state index in [2.05, 4.69) is 4.72 Å². The number of hydrogen-bond acceptors (Lipinski definition) is 3. The number of ether oxygens (including phenoxy) is 1. The van der Waals surface area contributed by atoms with Crippen molar-refractivity contribution in [3.8, 4) is 5.75 Å². The van der Waals surface area contributed by atoms with E-state index in [4.69, 9.17) is 4.74 Å². The van der Waals surface area contributed by atoms with Gasteiger partial charge in [-0.05, 0) is 30.2 Å². The predicted molar refractivity (Wildman–Crippen MR) is 65.7 cm³/mol. The van der Waals surface area contributed by atoms with Crippen LogP contribution in [0.4, 0.5) is 0 Å². The Balaban J connectivity index is 2.16. The molecule has 1 aliphatic heterocycles. The summed E-state index contributed by atoms with van der Waals surface area (Å²) in [5.41, 5.74) is 0.975. The first-order valence-electron chi connectivity index (χ1n) is 5.89. The van der Waals surface area contributed by atoms with E-state index in [1.165, 1.54) is 0 Å². The second kappa shape index (κ2) is 5.06. The van der Waals surface area contributed by atoms with Gasteiger partial charge in [0.15, 0.2) is 0 Å². The van der Waals surface area contributed by atoms with Crippen molar-refractivity contribution in [1.29, 1.82) is 0 Å². The summed E-state index contributed by atoms with van der Waals surface area (Å²) in [7, 11) is -3.36. The van der Waals surface area contributed by atoms with E-state index >= 15 is 0 Å². The molecule has 0 aromatic heterocycles. The number of benzene rings is 1. The fourth-order valence-corrected chi connectivity index (χ4v) is 2.92. The van der Waals surface area contributed by atoms with Crippen LogP contribution in [0.3, 0.4) is 0 Å². The Morgan fingerprint density at radius 2 is 2.24 bits per heavy atom. The fraction of sp³-hybridized carbons (Fsp3) is 0.500. The van der Waals surface area contributed by atoms with Crippen LogP contribution in [0.25, 0.3) is 0 Å². The van der Waals surface area contributed by atoms with Crippen LogP contribution in [0.15, 0.2) is 23.1 Å². The Bertz CT molecular complexity index is 496. The largest absolute Gasteiger partial charge is 0.493 e. The van der Waals surface area contributed by atoms with Crippen molar-refractivity contribution < 1.29 is 13.2 Å². The lowest BCUT2D eigenvalue weighted by molar-refractivity contribution is 0.356. The van der Waals surface area contributed by atoms with E-state index in [0.29, 0.717) is 18.0 Å². The van der Waals surface area contributed by atoms with Gasteiger partial charge in [-0.3, -0.25) is 0 Å². The van der Waals surface area contributed by atoms with Crippen LogP contribution in [0.5, 0.6) is 5.75 Å². The average molecular weight is 255 g/mol. The van der Waals surface area contributed by atoms with Gasteiger partial charge in [0.2, 0.25) is 10.0 Å². The molecule has 1 N–H and O–H groups in total. The molecule has 0 bridgehead atoms. The van der Waals surface area contributed by atoms with E-state index in [0.717, 1.165) is 30.6 Å². The lowest BCUT2D eigenvalue weighted by Crippen LogP contribution is -2.24. The summed E-state index contributed by atoms with van der Waals surface area (Å²) in [5, 5.41) is 0. The third-order valence-corrected chi connectivity index (χ3v) is 4.25. The Morgan fingerprint density at radius 1 is 1.41 bits per heavy atom. The first-order valence-corrected chi connectivity index (χ1v) is 7.37. The molecule has 4 nitrogen and oxygen atoms in total. The summed E-state index contributed by atoms with van der Waals surface area (Å²) in [4.78, 5) is 0.331. The number of rotatable bonds is 5. The highest BCUT2D eigenvalue weighted by molar-refractivity contribution is 7.89. The van der Waals surface area contributed by atoms with Gasteiger partial charge in [-0.15, -0.1) is 0 Å². The number of unbranched alkanes of at least 4 members (excludes halogenated alkanes) is 1. The molecule has 1 aliphatic rings. The van der Waals surface area contributed by atoms with Crippen molar-refractivity contribution in [3.63, 3.8) is 0 Å². The molecule has 0 fully saturated rings. The summed E-state index contributed by atoms with van der Waals surface area (Å²) in [5.74, 6) is 0.803. The minimum absolute atomic E-state index is 0.331. The normalized spacial score (nSPS) is 14.4. The molecule has 0 saturated carbocycles. The van der Waals surface area contributed by atoms with E-state index in [1.54, 1.807) is 18.2 Å². The Kier molecular flexibility index (Phi) is 3.69. The Hall–Kier alpha value is -1.07. The van der Waals surface area contributed by atoms with Gasteiger partial charge >= 0.3 is 0 Å². The van der Waals surface area contributed by atoms with Crippen molar-refractivity contribution in [2.24, 2.45) is 0 Å². The van der Waals surface area contributed by atoms with Crippen LogP contribution >= 0.6 is 0 Å². The van der Waals surface area contributed by atoms with Gasteiger partial charge in [0.05, 0.1) is 11.5 Å². The van der Waals surface area contributed by atoms with Crippen LogP contribution in [0.1, 0.15) is 25.3 Å². The molecule has 0 amide bonds. The average Bonchev–Trinajstić information content (AvgIpc) is 2.76. The maximum Gasteiger partial charge on any atom is 0.240 e. The van der Waals surface area contributed by atoms with Crippen LogP contribution < -0.4 is 9.46 Å². The number of fused-ring (bicyclic) bond motifs is 1. The third-order valence-electron chi connectivity index (χ3n) is 2.79. The van der Waals surface area contributed by atoms with Gasteiger partial charge in [0, 0.05) is 13.0 Å². The standard InChI is InChI=1S/C12H17NO3S/c1-2-3-7-13-17(14,15)11-4-5-12-10(9-11)6-8-16-12/h4-5,9,13H,2-3,6-8H2,1H3. The molecule has 1 aromatic rings. The molecule has 0 saturated heterocycles. The first kappa shape index (κ1) is 12.4. The smallest absolute Gasteiger partial charge is 0.240 e. The molecular formula is C12H17NO3S. The van der Waals surface area contributed by atoms with E-state index < -0.39 is 10.0 Å². The molecule has 0 aliphatic carbocycles. The van der Waals surface area contributed by atoms with Crippen molar-refractivity contribution in [3.05, 3.63) is 23.8 Å². The molecule has 17 heavy (non-hydrogen) atoms. The highest BCUT2D eigenvalue weighted by atomic mass is 32.2. The monoisotopic (exact) mass is 255 g/mol. The molecule has 5 heteroatoms. The second-order valence-corrected chi connectivity index (χ2v) is 5.89. The molecule has 94 valence electrons. The molecule has 0 atom stereocenters. The van der Waals surface area contributed by atoms with Gasteiger partial charge in [-0.2, -0.15) is 0 Å². The number of sulfonamides is 1. The zero-order chi connectivity index (χ0) is 12.3. The molecule has 0 radical (unpaired) electrons. The van der Waals surface area contributed by atoms with Crippen molar-refractivity contribution in [2.75, 3.05) is 13.2 Å². The van der Waals surface area contributed by atoms with E-state index in [1.807, 2.05) is 6.92 Å². The maximum absolute atomic E-state index is 12.0. The molecule has 1 aromatic carbocycles. The summed E-state index contributed by atoms with van der Waals surface area (Å²) in [6, 6.07) is 5.03. The topological polar surface area (TPSA) is 55.4 Å². The molecule has 0 unspecified atom stereocenters. The SMILES string of the molecule is CCCCNS(=O)(=O)c1ccc2c(c1)CCO2. The van der Waals surface area contributed by atoms with Crippen molar-refractivity contribution >= 4 is 10.0 Å². The summed E-state index contributed by atoms with van der Waals surface area (Å²) in [6.45, 7) is 3.16. The molecule has 0 spiro atoms. The van der Waals surface area contributed by atoms with E-state index in [-0.39, 0.29) is 0 Å². The minimum Gasteiger partial charge on any atom is -0.493 e.